The number of anilines is 2. The van der Waals surface area contributed by atoms with Gasteiger partial charge in [-0.15, -0.1) is 0 Å². The maximum absolute atomic E-state index is 13.4. The number of halogens is 5. The Balaban J connectivity index is 1.74. The number of hydrogen-bond donors (Lipinski definition) is 1. The third-order valence-electron chi connectivity index (χ3n) is 5.08. The first-order valence-electron chi connectivity index (χ1n) is 9.39. The van der Waals surface area contributed by atoms with Gasteiger partial charge in [-0.1, -0.05) is 23.2 Å². The van der Waals surface area contributed by atoms with Gasteiger partial charge in [0, 0.05) is 18.4 Å². The molecule has 0 unspecified atom stereocenters. The highest BCUT2D eigenvalue weighted by Crippen LogP contribution is 2.40. The number of carbonyl (C=O) groups excluding carboxylic acids is 2. The fourth-order valence-electron chi connectivity index (χ4n) is 3.60. The maximum Gasteiger partial charge on any atom is 0.416 e. The molecule has 166 valence electrons. The first-order valence-corrected chi connectivity index (χ1v) is 10.1. The Morgan fingerprint density at radius 2 is 1.88 bits per heavy atom. The van der Waals surface area contributed by atoms with Gasteiger partial charge in [-0.2, -0.15) is 13.2 Å². The summed E-state index contributed by atoms with van der Waals surface area (Å²) in [5, 5.41) is 2.57. The number of aromatic nitrogens is 2. The van der Waals surface area contributed by atoms with Gasteiger partial charge in [-0.05, 0) is 43.3 Å². The lowest BCUT2D eigenvalue weighted by Crippen LogP contribution is -2.43. The molecule has 1 N–H and O–H groups in total. The number of alkyl halides is 3. The van der Waals surface area contributed by atoms with E-state index in [0.717, 1.165) is 12.1 Å². The van der Waals surface area contributed by atoms with Crippen molar-refractivity contribution in [2.75, 3.05) is 16.8 Å². The predicted molar refractivity (Wildman–Crippen MR) is 114 cm³/mol. The van der Waals surface area contributed by atoms with Crippen LogP contribution in [-0.2, 0) is 6.18 Å². The fraction of sp³-hybridized carbons (Fsp3) is 0.190. The van der Waals surface area contributed by atoms with Gasteiger partial charge in [-0.25, -0.2) is 0 Å². The van der Waals surface area contributed by atoms with Crippen LogP contribution >= 0.6 is 23.2 Å². The molecule has 32 heavy (non-hydrogen) atoms. The molecule has 1 aliphatic heterocycles. The van der Waals surface area contributed by atoms with Crippen LogP contribution in [0.1, 0.15) is 39.4 Å². The second kappa shape index (κ2) is 8.14. The topological polar surface area (TPSA) is 67.2 Å². The number of rotatable bonds is 3. The van der Waals surface area contributed by atoms with Crippen molar-refractivity contribution in [3.05, 3.63) is 75.8 Å². The Kier molecular flexibility index (Phi) is 5.64. The summed E-state index contributed by atoms with van der Waals surface area (Å²) in [6.07, 6.45) is -1.53. The minimum absolute atomic E-state index is 0.0333. The van der Waals surface area contributed by atoms with Crippen LogP contribution in [0.25, 0.3) is 0 Å². The van der Waals surface area contributed by atoms with Crippen molar-refractivity contribution in [2.45, 2.75) is 19.1 Å². The van der Waals surface area contributed by atoms with Gasteiger partial charge >= 0.3 is 6.18 Å². The summed E-state index contributed by atoms with van der Waals surface area (Å²) in [6, 6.07) is 7.07. The number of carbonyl (C=O) groups is 2. The summed E-state index contributed by atoms with van der Waals surface area (Å²) in [6.45, 7) is 1.89. The number of fused-ring (bicyclic) bond motifs is 1. The van der Waals surface area contributed by atoms with Gasteiger partial charge in [-0.3, -0.25) is 14.6 Å². The lowest BCUT2D eigenvalue weighted by molar-refractivity contribution is -0.137. The van der Waals surface area contributed by atoms with Gasteiger partial charge in [0.25, 0.3) is 11.8 Å². The van der Waals surface area contributed by atoms with Crippen molar-refractivity contribution >= 4 is 46.4 Å². The molecule has 0 saturated heterocycles. The molecule has 2 amide bonds. The molecule has 0 saturated carbocycles. The second-order valence-electron chi connectivity index (χ2n) is 7.20. The highest BCUT2D eigenvalue weighted by Gasteiger charge is 2.39. The number of nitrogens with zero attached hydrogens (tertiary/aromatic N) is 3. The van der Waals surface area contributed by atoms with E-state index in [1.54, 1.807) is 19.1 Å². The number of benzene rings is 1. The standard InChI is InChI=1S/C21H15Cl2F3N4O2/c1-11-10-29(14-6-4-12(5-7-14)21(24,25)26)20(32)17-15(16(22)18(23)30(11)17)19(31)28-13-3-2-8-27-9-13/h2-9,11H,10H2,1H3,(H,28,31)/t11-/m0/s1. The fourth-order valence-corrected chi connectivity index (χ4v) is 4.21. The van der Waals surface area contributed by atoms with Crippen molar-refractivity contribution in [2.24, 2.45) is 0 Å². The minimum atomic E-state index is -4.50. The van der Waals surface area contributed by atoms with E-state index in [2.05, 4.69) is 10.3 Å². The lowest BCUT2D eigenvalue weighted by atomic mass is 10.1. The summed E-state index contributed by atoms with van der Waals surface area (Å²) in [7, 11) is 0. The molecule has 11 heteroatoms. The Bertz CT molecular complexity index is 1190. The summed E-state index contributed by atoms with van der Waals surface area (Å²) in [5.74, 6) is -1.26. The molecule has 0 bridgehead atoms. The summed E-state index contributed by atoms with van der Waals surface area (Å²) in [5.41, 5.74) is -0.340. The van der Waals surface area contributed by atoms with Crippen molar-refractivity contribution in [1.29, 1.82) is 0 Å². The van der Waals surface area contributed by atoms with Gasteiger partial charge in [0.05, 0.1) is 34.1 Å². The third-order valence-corrected chi connectivity index (χ3v) is 5.91. The van der Waals surface area contributed by atoms with Crippen LogP contribution in [-0.4, -0.2) is 27.9 Å². The molecule has 6 nitrogen and oxygen atoms in total. The van der Waals surface area contributed by atoms with Crippen LogP contribution in [0.5, 0.6) is 0 Å². The zero-order valence-corrected chi connectivity index (χ0v) is 18.0. The Labute approximate surface area is 190 Å². The highest BCUT2D eigenvalue weighted by atomic mass is 35.5. The van der Waals surface area contributed by atoms with E-state index in [-0.39, 0.29) is 33.7 Å². The monoisotopic (exact) mass is 482 g/mol. The van der Waals surface area contributed by atoms with Gasteiger partial charge in [0.15, 0.2) is 0 Å². The quantitative estimate of drug-likeness (QED) is 0.521. The largest absolute Gasteiger partial charge is 0.416 e. The lowest BCUT2D eigenvalue weighted by Gasteiger charge is -2.33. The Hall–Kier alpha value is -3.04. The highest BCUT2D eigenvalue weighted by molar-refractivity contribution is 6.45. The SMILES string of the molecule is C[C@H]1CN(c2ccc(C(F)(F)F)cc2)C(=O)c2c(C(=O)Nc3cccnc3)c(Cl)c(Cl)n21. The van der Waals surface area contributed by atoms with E-state index in [1.807, 2.05) is 0 Å². The first-order chi connectivity index (χ1) is 15.1. The minimum Gasteiger partial charge on any atom is -0.321 e. The zero-order chi connectivity index (χ0) is 23.2. The van der Waals surface area contributed by atoms with E-state index < -0.39 is 29.6 Å². The van der Waals surface area contributed by atoms with Gasteiger partial charge in [0.2, 0.25) is 0 Å². The zero-order valence-electron chi connectivity index (χ0n) is 16.5. The maximum atomic E-state index is 13.4. The molecular formula is C21H15Cl2F3N4O2. The normalized spacial score (nSPS) is 16.1. The van der Waals surface area contributed by atoms with Crippen molar-refractivity contribution < 1.29 is 22.8 Å². The molecule has 0 fully saturated rings. The van der Waals surface area contributed by atoms with Crippen molar-refractivity contribution in [3.8, 4) is 0 Å². The van der Waals surface area contributed by atoms with Crippen LogP contribution in [0, 0.1) is 0 Å². The van der Waals surface area contributed by atoms with E-state index in [9.17, 15) is 22.8 Å². The molecule has 0 spiro atoms. The van der Waals surface area contributed by atoms with Gasteiger partial charge in [0.1, 0.15) is 10.8 Å². The first kappa shape index (κ1) is 22.2. The molecular weight excluding hydrogens is 468 g/mol. The summed E-state index contributed by atoms with van der Waals surface area (Å²) >= 11 is 12.7. The van der Waals surface area contributed by atoms with E-state index in [4.69, 9.17) is 23.2 Å². The average molecular weight is 483 g/mol. The molecule has 4 rings (SSSR count). The van der Waals surface area contributed by atoms with Gasteiger partial charge < -0.3 is 14.8 Å². The number of hydrogen-bond acceptors (Lipinski definition) is 3. The number of nitrogens with one attached hydrogen (secondary N) is 1. The van der Waals surface area contributed by atoms with Crippen LogP contribution in [0.2, 0.25) is 10.2 Å². The van der Waals surface area contributed by atoms with E-state index in [1.165, 1.54) is 34.0 Å². The summed E-state index contributed by atoms with van der Waals surface area (Å²) in [4.78, 5) is 31.6. The Morgan fingerprint density at radius 1 is 1.19 bits per heavy atom. The van der Waals surface area contributed by atoms with Crippen LogP contribution < -0.4 is 10.2 Å². The van der Waals surface area contributed by atoms with Crippen LogP contribution in [0.15, 0.2) is 48.8 Å². The molecule has 0 radical (unpaired) electrons. The number of amides is 2. The number of pyridine rings is 1. The van der Waals surface area contributed by atoms with E-state index >= 15 is 0 Å². The van der Waals surface area contributed by atoms with Crippen LogP contribution in [0.4, 0.5) is 24.5 Å². The molecule has 3 aromatic rings. The molecule has 1 aliphatic rings. The predicted octanol–water partition coefficient (Wildman–Crippen LogP) is 5.68. The smallest absolute Gasteiger partial charge is 0.321 e. The Morgan fingerprint density at radius 3 is 2.47 bits per heavy atom. The summed E-state index contributed by atoms with van der Waals surface area (Å²) < 4.78 is 40.2. The van der Waals surface area contributed by atoms with E-state index in [0.29, 0.717) is 5.69 Å². The molecule has 0 aliphatic carbocycles. The molecule has 1 aromatic carbocycles. The van der Waals surface area contributed by atoms with Crippen molar-refractivity contribution in [3.63, 3.8) is 0 Å². The molecule has 3 heterocycles. The third kappa shape index (κ3) is 3.82. The molecule has 2 aromatic heterocycles. The van der Waals surface area contributed by atoms with Crippen LogP contribution in [0.3, 0.4) is 0 Å². The van der Waals surface area contributed by atoms with Crippen molar-refractivity contribution in [1.82, 2.24) is 9.55 Å². The average Bonchev–Trinajstić information content (AvgIpc) is 3.02. The second-order valence-corrected chi connectivity index (χ2v) is 7.94. The molecule has 1 atom stereocenters.